The monoisotopic (exact) mass is 417 g/mol. The van der Waals surface area contributed by atoms with Crippen molar-refractivity contribution in [2.75, 3.05) is 5.32 Å². The van der Waals surface area contributed by atoms with E-state index in [1.54, 1.807) is 12.1 Å². The van der Waals surface area contributed by atoms with Crippen LogP contribution in [0.5, 0.6) is 0 Å². The molecule has 4 nitrogen and oxygen atoms in total. The molecule has 1 aliphatic heterocycles. The lowest BCUT2D eigenvalue weighted by atomic mass is 9.97. The number of rotatable bonds is 4. The van der Waals surface area contributed by atoms with Crippen LogP contribution in [0.3, 0.4) is 0 Å². The van der Waals surface area contributed by atoms with Crippen molar-refractivity contribution in [3.05, 3.63) is 63.6 Å². The molecule has 2 atom stereocenters. The molecule has 0 saturated carbocycles. The van der Waals surface area contributed by atoms with E-state index in [-0.39, 0.29) is 12.1 Å². The van der Waals surface area contributed by atoms with Gasteiger partial charge in [-0.05, 0) is 36.2 Å². The minimum absolute atomic E-state index is 0.0128. The first-order valence-corrected chi connectivity index (χ1v) is 9.22. The third kappa shape index (κ3) is 4.40. The summed E-state index contributed by atoms with van der Waals surface area (Å²) in [6.45, 7) is 0. The molecule has 1 saturated heterocycles. The summed E-state index contributed by atoms with van der Waals surface area (Å²) in [4.78, 5) is 10.4. The lowest BCUT2D eigenvalue weighted by Gasteiger charge is -2.14. The van der Waals surface area contributed by atoms with Crippen LogP contribution in [0.15, 0.2) is 42.5 Å². The van der Waals surface area contributed by atoms with Gasteiger partial charge < -0.3 is 5.32 Å². The quantitative estimate of drug-likeness (QED) is 0.611. The van der Waals surface area contributed by atoms with Crippen LogP contribution >= 0.6 is 46.4 Å². The molecule has 3 rings (SSSR count). The molecule has 1 fully saturated rings. The Labute approximate surface area is 165 Å². The van der Waals surface area contributed by atoms with Gasteiger partial charge in [-0.2, -0.15) is 0 Å². The second kappa shape index (κ2) is 8.12. The van der Waals surface area contributed by atoms with E-state index in [2.05, 4.69) is 16.2 Å². The fraction of sp³-hybridized carbons (Fsp3) is 0.235. The summed E-state index contributed by atoms with van der Waals surface area (Å²) in [6.07, 6.45) is 0.792. The topological polar surface area (TPSA) is 53.2 Å². The highest BCUT2D eigenvalue weighted by Gasteiger charge is 2.29. The number of carbonyl (C=O) groups is 1. The van der Waals surface area contributed by atoms with Crippen molar-refractivity contribution in [2.45, 2.75) is 23.3 Å². The minimum Gasteiger partial charge on any atom is -0.324 e. The molecule has 3 N–H and O–H groups in total. The van der Waals surface area contributed by atoms with Crippen molar-refractivity contribution in [2.24, 2.45) is 0 Å². The summed E-state index contributed by atoms with van der Waals surface area (Å²) < 4.78 is 0. The van der Waals surface area contributed by atoms with Gasteiger partial charge in [-0.15, -0.1) is 0 Å². The first-order valence-electron chi connectivity index (χ1n) is 7.59. The zero-order valence-corrected chi connectivity index (χ0v) is 15.9. The van der Waals surface area contributed by atoms with E-state index in [4.69, 9.17) is 46.4 Å². The molecule has 25 heavy (non-hydrogen) atoms. The predicted octanol–water partition coefficient (Wildman–Crippen LogP) is 5.02. The number of hydrogen-bond acceptors (Lipinski definition) is 3. The zero-order chi connectivity index (χ0) is 18.0. The average molecular weight is 419 g/mol. The van der Waals surface area contributed by atoms with Crippen LogP contribution in [0, 0.1) is 0 Å². The molecule has 1 aliphatic rings. The van der Waals surface area contributed by atoms with Crippen LogP contribution in [0.25, 0.3) is 0 Å². The van der Waals surface area contributed by atoms with Gasteiger partial charge in [0, 0.05) is 27.3 Å². The first kappa shape index (κ1) is 18.8. The number of nitrogens with one attached hydrogen (secondary N) is 3. The van der Waals surface area contributed by atoms with Crippen molar-refractivity contribution in [1.82, 2.24) is 10.9 Å². The lowest BCUT2D eigenvalue weighted by molar-refractivity contribution is -0.114. The number of carbonyl (C=O) groups excluding carboxylic acids is 1. The van der Waals surface area contributed by atoms with Gasteiger partial charge in [0.25, 0.3) is 5.91 Å². The summed E-state index contributed by atoms with van der Waals surface area (Å²) in [7, 11) is 0. The molecule has 8 heteroatoms. The SMILES string of the molecule is O=C(Nc1ccc(C2CC(c3c(Cl)cccc3Cl)NN2)cc1)C(Cl)Cl. The Hall–Kier alpha value is -1.01. The Morgan fingerprint density at radius 2 is 1.60 bits per heavy atom. The molecule has 0 radical (unpaired) electrons. The lowest BCUT2D eigenvalue weighted by Crippen LogP contribution is -2.27. The number of benzene rings is 2. The molecule has 2 aromatic carbocycles. The summed E-state index contributed by atoms with van der Waals surface area (Å²) in [5, 5.41) is 3.92. The van der Waals surface area contributed by atoms with Gasteiger partial charge in [0.1, 0.15) is 0 Å². The second-order valence-electron chi connectivity index (χ2n) is 5.68. The Kier molecular flexibility index (Phi) is 6.10. The predicted molar refractivity (Wildman–Crippen MR) is 103 cm³/mol. The molecule has 2 unspecified atom stereocenters. The van der Waals surface area contributed by atoms with E-state index >= 15 is 0 Å². The Balaban J connectivity index is 1.69. The number of hydrazine groups is 1. The van der Waals surface area contributed by atoms with Gasteiger partial charge in [-0.1, -0.05) is 64.6 Å². The van der Waals surface area contributed by atoms with Gasteiger partial charge in [0.15, 0.2) is 4.84 Å². The normalized spacial score (nSPS) is 20.0. The van der Waals surface area contributed by atoms with E-state index in [1.807, 2.05) is 30.3 Å². The molecule has 132 valence electrons. The van der Waals surface area contributed by atoms with Crippen molar-refractivity contribution in [3.8, 4) is 0 Å². The maximum atomic E-state index is 11.5. The number of hydrogen-bond donors (Lipinski definition) is 3. The Morgan fingerprint density at radius 3 is 2.20 bits per heavy atom. The van der Waals surface area contributed by atoms with Crippen LogP contribution in [0.2, 0.25) is 10.0 Å². The van der Waals surface area contributed by atoms with Crippen molar-refractivity contribution >= 4 is 58.0 Å². The van der Waals surface area contributed by atoms with Gasteiger partial charge in [-0.25, -0.2) is 10.9 Å². The summed E-state index contributed by atoms with van der Waals surface area (Å²) >= 11 is 23.6. The van der Waals surface area contributed by atoms with E-state index in [0.29, 0.717) is 15.7 Å². The summed E-state index contributed by atoms with van der Waals surface area (Å²) in [6, 6.07) is 13.1. The molecule has 1 heterocycles. The van der Waals surface area contributed by atoms with Gasteiger partial charge in [-0.3, -0.25) is 4.79 Å². The number of anilines is 1. The third-order valence-electron chi connectivity index (χ3n) is 4.03. The van der Waals surface area contributed by atoms with E-state index in [0.717, 1.165) is 17.5 Å². The fourth-order valence-corrected chi connectivity index (χ4v) is 3.57. The van der Waals surface area contributed by atoms with Gasteiger partial charge in [0.05, 0.1) is 6.04 Å². The first-order chi connectivity index (χ1) is 12.0. The highest BCUT2D eigenvalue weighted by molar-refractivity contribution is 6.54. The molecule has 2 aromatic rings. The number of amides is 1. The smallest absolute Gasteiger partial charge is 0.257 e. The van der Waals surface area contributed by atoms with E-state index < -0.39 is 10.7 Å². The van der Waals surface area contributed by atoms with Crippen LogP contribution < -0.4 is 16.2 Å². The Bertz CT molecular complexity index is 747. The van der Waals surface area contributed by atoms with Crippen molar-refractivity contribution in [1.29, 1.82) is 0 Å². The van der Waals surface area contributed by atoms with Gasteiger partial charge in [0.2, 0.25) is 0 Å². The van der Waals surface area contributed by atoms with E-state index in [9.17, 15) is 4.79 Å². The standard InChI is InChI=1S/C17H15Cl4N3O/c18-11-2-1-3-12(19)15(11)14-8-13(23-24-14)9-4-6-10(7-5-9)22-17(25)16(20)21/h1-7,13-14,16,23-24H,8H2,(H,22,25). The average Bonchev–Trinajstić information content (AvgIpc) is 3.05. The van der Waals surface area contributed by atoms with Gasteiger partial charge >= 0.3 is 0 Å². The molecule has 1 amide bonds. The van der Waals surface area contributed by atoms with Crippen LogP contribution in [0.4, 0.5) is 5.69 Å². The maximum absolute atomic E-state index is 11.5. The highest BCUT2D eigenvalue weighted by Crippen LogP contribution is 2.37. The van der Waals surface area contributed by atoms with Crippen LogP contribution in [-0.2, 0) is 4.79 Å². The molecule has 0 bridgehead atoms. The molecule has 0 aliphatic carbocycles. The second-order valence-corrected chi connectivity index (χ2v) is 7.59. The number of alkyl halides is 2. The summed E-state index contributed by atoms with van der Waals surface area (Å²) in [5.41, 5.74) is 9.10. The molecule has 0 aromatic heterocycles. The van der Waals surface area contributed by atoms with Crippen LogP contribution in [-0.4, -0.2) is 10.7 Å². The fourth-order valence-electron chi connectivity index (χ4n) is 2.80. The molecular formula is C17H15Cl4N3O. The van der Waals surface area contributed by atoms with Crippen molar-refractivity contribution in [3.63, 3.8) is 0 Å². The number of halogens is 4. The summed E-state index contributed by atoms with van der Waals surface area (Å²) in [5.74, 6) is -0.454. The maximum Gasteiger partial charge on any atom is 0.257 e. The molecule has 0 spiro atoms. The molecular weight excluding hydrogens is 404 g/mol. The van der Waals surface area contributed by atoms with Crippen LogP contribution in [0.1, 0.15) is 29.6 Å². The Morgan fingerprint density at radius 1 is 1.00 bits per heavy atom. The third-order valence-corrected chi connectivity index (χ3v) is 5.09. The van der Waals surface area contributed by atoms with E-state index in [1.165, 1.54) is 0 Å². The van der Waals surface area contributed by atoms with Crippen molar-refractivity contribution < 1.29 is 4.79 Å². The largest absolute Gasteiger partial charge is 0.324 e. The minimum atomic E-state index is -1.10. The highest BCUT2D eigenvalue weighted by atomic mass is 35.5. The zero-order valence-electron chi connectivity index (χ0n) is 12.9.